The van der Waals surface area contributed by atoms with Gasteiger partial charge in [0.2, 0.25) is 0 Å². The minimum absolute atomic E-state index is 0.261. The molecule has 2 aromatic heterocycles. The Balaban J connectivity index is 1.91. The number of nitrogens with one attached hydrogen (secondary N) is 1. The maximum atomic E-state index is 12.1. The van der Waals surface area contributed by atoms with Crippen LogP contribution >= 0.6 is 0 Å². The Labute approximate surface area is 121 Å². The summed E-state index contributed by atoms with van der Waals surface area (Å²) in [4.78, 5) is 12.1. The Kier molecular flexibility index (Phi) is 3.27. The van der Waals surface area contributed by atoms with Crippen LogP contribution in [0.25, 0.3) is 5.69 Å². The van der Waals surface area contributed by atoms with Crippen molar-refractivity contribution in [1.29, 1.82) is 0 Å². The first-order valence-corrected chi connectivity index (χ1v) is 6.46. The summed E-state index contributed by atoms with van der Waals surface area (Å²) in [5.41, 5.74) is 3.65. The van der Waals surface area contributed by atoms with E-state index in [9.17, 15) is 4.79 Å². The van der Waals surface area contributed by atoms with Gasteiger partial charge in [-0.25, -0.2) is 0 Å². The van der Waals surface area contributed by atoms with Crippen molar-refractivity contribution in [2.45, 2.75) is 13.8 Å². The van der Waals surface area contributed by atoms with Gasteiger partial charge in [-0.2, -0.15) is 0 Å². The zero-order valence-corrected chi connectivity index (χ0v) is 11.7. The number of hydrogen-bond donors (Lipinski definition) is 1. The lowest BCUT2D eigenvalue weighted by molar-refractivity contribution is 0.0996. The maximum Gasteiger partial charge on any atom is 0.291 e. The van der Waals surface area contributed by atoms with E-state index in [0.29, 0.717) is 0 Å². The number of carbonyl (C=O) groups is 1. The summed E-state index contributed by atoms with van der Waals surface area (Å²) in [7, 11) is 0. The van der Waals surface area contributed by atoms with Crippen molar-refractivity contribution in [2.24, 2.45) is 0 Å². The van der Waals surface area contributed by atoms with Crippen LogP contribution in [-0.4, -0.2) is 20.7 Å². The molecular formula is C15H14N4O2. The van der Waals surface area contributed by atoms with Crippen molar-refractivity contribution in [2.75, 3.05) is 5.32 Å². The van der Waals surface area contributed by atoms with Crippen molar-refractivity contribution in [3.63, 3.8) is 0 Å². The van der Waals surface area contributed by atoms with Crippen molar-refractivity contribution in [3.05, 3.63) is 60.1 Å². The van der Waals surface area contributed by atoms with E-state index >= 15 is 0 Å². The smallest absolute Gasteiger partial charge is 0.291 e. The number of hydrogen-bond acceptors (Lipinski definition) is 4. The molecule has 0 unspecified atom stereocenters. The van der Waals surface area contributed by atoms with Crippen LogP contribution in [0.2, 0.25) is 0 Å². The number of nitrogens with zero attached hydrogens (tertiary/aromatic N) is 3. The van der Waals surface area contributed by atoms with E-state index in [4.69, 9.17) is 4.42 Å². The van der Waals surface area contributed by atoms with Crippen LogP contribution in [0, 0.1) is 13.8 Å². The zero-order valence-electron chi connectivity index (χ0n) is 11.7. The Hall–Kier alpha value is -2.89. The molecule has 0 aliphatic carbocycles. The molecule has 0 radical (unpaired) electrons. The first kappa shape index (κ1) is 13.1. The van der Waals surface area contributed by atoms with Gasteiger partial charge in [0.25, 0.3) is 5.91 Å². The fourth-order valence-electron chi connectivity index (χ4n) is 2.20. The van der Waals surface area contributed by atoms with E-state index in [0.717, 1.165) is 22.5 Å². The van der Waals surface area contributed by atoms with Gasteiger partial charge in [0, 0.05) is 11.4 Å². The van der Waals surface area contributed by atoms with Gasteiger partial charge < -0.3 is 9.73 Å². The largest absolute Gasteiger partial charge is 0.459 e. The third-order valence-electron chi connectivity index (χ3n) is 3.22. The van der Waals surface area contributed by atoms with Crippen LogP contribution in [0.4, 0.5) is 5.69 Å². The lowest BCUT2D eigenvalue weighted by Crippen LogP contribution is -2.13. The molecule has 0 bridgehead atoms. The average Bonchev–Trinajstić information content (AvgIpc) is 3.14. The SMILES string of the molecule is Cc1cc(-n2cnnc2)cc(C)c1NC(=O)c1ccco1. The molecule has 0 saturated carbocycles. The van der Waals surface area contributed by atoms with Crippen molar-refractivity contribution in [3.8, 4) is 5.69 Å². The Morgan fingerprint density at radius 2 is 1.86 bits per heavy atom. The molecule has 0 aliphatic heterocycles. The minimum Gasteiger partial charge on any atom is -0.459 e. The molecule has 1 aromatic carbocycles. The predicted octanol–water partition coefficient (Wildman–Crippen LogP) is 2.73. The van der Waals surface area contributed by atoms with Gasteiger partial charge in [0.05, 0.1) is 6.26 Å². The molecule has 6 nitrogen and oxygen atoms in total. The summed E-state index contributed by atoms with van der Waals surface area (Å²) in [5, 5.41) is 10.5. The highest BCUT2D eigenvalue weighted by molar-refractivity contribution is 6.03. The zero-order chi connectivity index (χ0) is 14.8. The number of aromatic nitrogens is 3. The fourth-order valence-corrected chi connectivity index (χ4v) is 2.20. The first-order valence-electron chi connectivity index (χ1n) is 6.46. The summed E-state index contributed by atoms with van der Waals surface area (Å²) >= 11 is 0. The van der Waals surface area contributed by atoms with E-state index in [1.54, 1.807) is 24.8 Å². The van der Waals surface area contributed by atoms with Gasteiger partial charge in [-0.1, -0.05) is 0 Å². The molecule has 0 fully saturated rings. The number of benzene rings is 1. The van der Waals surface area contributed by atoms with E-state index in [1.807, 2.05) is 30.5 Å². The molecule has 0 aliphatic rings. The first-order chi connectivity index (χ1) is 10.1. The monoisotopic (exact) mass is 282 g/mol. The summed E-state index contributed by atoms with van der Waals surface area (Å²) in [6, 6.07) is 7.25. The Bertz CT molecular complexity index is 738. The fraction of sp³-hybridized carbons (Fsp3) is 0.133. The number of carbonyl (C=O) groups excluding carboxylic acids is 1. The lowest BCUT2D eigenvalue weighted by atomic mass is 10.1. The molecule has 1 N–H and O–H groups in total. The second-order valence-electron chi connectivity index (χ2n) is 4.76. The Morgan fingerprint density at radius 1 is 1.19 bits per heavy atom. The molecule has 21 heavy (non-hydrogen) atoms. The van der Waals surface area contributed by atoms with E-state index in [-0.39, 0.29) is 11.7 Å². The predicted molar refractivity (Wildman–Crippen MR) is 77.5 cm³/mol. The van der Waals surface area contributed by atoms with Crippen LogP contribution in [0.3, 0.4) is 0 Å². The standard InChI is InChI=1S/C15H14N4O2/c1-10-6-12(19-8-16-17-9-19)7-11(2)14(10)18-15(20)13-4-3-5-21-13/h3-9H,1-2H3,(H,18,20). The van der Waals surface area contributed by atoms with E-state index in [2.05, 4.69) is 15.5 Å². The molecule has 106 valence electrons. The van der Waals surface area contributed by atoms with Gasteiger partial charge in [-0.15, -0.1) is 10.2 Å². The highest BCUT2D eigenvalue weighted by Gasteiger charge is 2.13. The molecular weight excluding hydrogens is 268 g/mol. The second kappa shape index (κ2) is 5.24. The highest BCUT2D eigenvalue weighted by Crippen LogP contribution is 2.24. The molecule has 2 heterocycles. The number of furan rings is 1. The van der Waals surface area contributed by atoms with Crippen molar-refractivity contribution >= 4 is 11.6 Å². The maximum absolute atomic E-state index is 12.1. The third kappa shape index (κ3) is 2.55. The number of aryl methyl sites for hydroxylation is 2. The third-order valence-corrected chi connectivity index (χ3v) is 3.22. The molecule has 0 atom stereocenters. The molecule has 3 rings (SSSR count). The summed E-state index contributed by atoms with van der Waals surface area (Å²) in [5.74, 6) is 0.0277. The number of anilines is 1. The molecule has 0 saturated heterocycles. The topological polar surface area (TPSA) is 73.0 Å². The number of amides is 1. The van der Waals surface area contributed by atoms with Crippen LogP contribution in [0.15, 0.2) is 47.6 Å². The van der Waals surface area contributed by atoms with Crippen LogP contribution in [0.1, 0.15) is 21.7 Å². The van der Waals surface area contributed by atoms with Gasteiger partial charge in [0.1, 0.15) is 12.7 Å². The number of rotatable bonds is 3. The van der Waals surface area contributed by atoms with E-state index in [1.165, 1.54) is 6.26 Å². The van der Waals surface area contributed by atoms with Gasteiger partial charge in [0.15, 0.2) is 5.76 Å². The lowest BCUT2D eigenvalue weighted by Gasteiger charge is -2.13. The molecule has 3 aromatic rings. The summed E-state index contributed by atoms with van der Waals surface area (Å²) in [6.07, 6.45) is 4.74. The van der Waals surface area contributed by atoms with Gasteiger partial charge >= 0.3 is 0 Å². The normalized spacial score (nSPS) is 10.6. The quantitative estimate of drug-likeness (QED) is 0.801. The van der Waals surface area contributed by atoms with Crippen LogP contribution in [0.5, 0.6) is 0 Å². The second-order valence-corrected chi connectivity index (χ2v) is 4.76. The average molecular weight is 282 g/mol. The minimum atomic E-state index is -0.261. The van der Waals surface area contributed by atoms with Crippen LogP contribution < -0.4 is 5.32 Å². The summed E-state index contributed by atoms with van der Waals surface area (Å²) in [6.45, 7) is 3.89. The van der Waals surface area contributed by atoms with Gasteiger partial charge in [-0.3, -0.25) is 9.36 Å². The van der Waals surface area contributed by atoms with Crippen LogP contribution in [-0.2, 0) is 0 Å². The Morgan fingerprint density at radius 3 is 2.43 bits per heavy atom. The highest BCUT2D eigenvalue weighted by atomic mass is 16.3. The molecule has 1 amide bonds. The molecule has 0 spiro atoms. The van der Waals surface area contributed by atoms with Crippen molar-refractivity contribution in [1.82, 2.24) is 14.8 Å². The van der Waals surface area contributed by atoms with Gasteiger partial charge in [-0.05, 0) is 49.2 Å². The van der Waals surface area contributed by atoms with E-state index < -0.39 is 0 Å². The summed E-state index contributed by atoms with van der Waals surface area (Å²) < 4.78 is 6.91. The van der Waals surface area contributed by atoms with Crippen molar-refractivity contribution < 1.29 is 9.21 Å². The molecule has 6 heteroatoms.